The van der Waals surface area contributed by atoms with E-state index in [1.165, 1.54) is 25.7 Å². The van der Waals surface area contributed by atoms with Crippen LogP contribution in [0.5, 0.6) is 0 Å². The molecule has 1 aromatic rings. The molecule has 0 fully saturated rings. The maximum Gasteiger partial charge on any atom is 0.0544 e. The predicted octanol–water partition coefficient (Wildman–Crippen LogP) is 2.81. The first kappa shape index (κ1) is 15.1. The van der Waals surface area contributed by atoms with Crippen LogP contribution < -0.4 is 5.73 Å². The van der Waals surface area contributed by atoms with Gasteiger partial charge in [0, 0.05) is 25.3 Å². The molecule has 0 spiro atoms. The average molecular weight is 249 g/mol. The van der Waals surface area contributed by atoms with Crippen molar-refractivity contribution in [3.63, 3.8) is 0 Å². The van der Waals surface area contributed by atoms with E-state index in [-0.39, 0.29) is 0 Å². The van der Waals surface area contributed by atoms with Crippen LogP contribution in [-0.2, 0) is 6.54 Å². The van der Waals surface area contributed by atoms with E-state index in [0.717, 1.165) is 25.3 Å². The molecule has 1 atom stereocenters. The van der Waals surface area contributed by atoms with Crippen LogP contribution in [-0.4, -0.2) is 29.0 Å². The summed E-state index contributed by atoms with van der Waals surface area (Å²) >= 11 is 0. The second-order valence-corrected chi connectivity index (χ2v) is 4.77. The van der Waals surface area contributed by atoms with Gasteiger partial charge in [0.05, 0.1) is 5.69 Å². The van der Waals surface area contributed by atoms with Crippen molar-refractivity contribution < 1.29 is 0 Å². The monoisotopic (exact) mass is 249 g/mol. The number of hydrogen-bond donors (Lipinski definition) is 1. The lowest BCUT2D eigenvalue weighted by Gasteiger charge is -2.29. The number of rotatable bonds is 9. The Hall–Kier alpha value is -0.930. The number of hydrogen-bond acceptors (Lipinski definition) is 3. The summed E-state index contributed by atoms with van der Waals surface area (Å²) < 4.78 is 0. The number of nitrogens with two attached hydrogens (primary N) is 1. The lowest BCUT2D eigenvalue weighted by Crippen LogP contribution is -2.40. The van der Waals surface area contributed by atoms with Crippen LogP contribution in [0.25, 0.3) is 0 Å². The normalized spacial score (nSPS) is 12.9. The molecule has 1 unspecified atom stereocenters. The molecular weight excluding hydrogens is 222 g/mol. The average Bonchev–Trinajstić information content (AvgIpc) is 2.43. The number of nitrogens with zero attached hydrogens (tertiary/aromatic N) is 2. The minimum absolute atomic E-state index is 0.489. The van der Waals surface area contributed by atoms with Gasteiger partial charge >= 0.3 is 0 Å². The van der Waals surface area contributed by atoms with E-state index in [2.05, 4.69) is 29.8 Å². The molecule has 0 aromatic carbocycles. The van der Waals surface area contributed by atoms with Gasteiger partial charge in [0.2, 0.25) is 0 Å². The van der Waals surface area contributed by atoms with Crippen molar-refractivity contribution in [2.75, 3.05) is 13.1 Å². The third-order valence-electron chi connectivity index (χ3n) is 3.43. The Morgan fingerprint density at radius 3 is 2.67 bits per heavy atom. The van der Waals surface area contributed by atoms with E-state index in [1.54, 1.807) is 0 Å². The number of pyridine rings is 1. The van der Waals surface area contributed by atoms with Gasteiger partial charge in [-0.3, -0.25) is 9.88 Å². The van der Waals surface area contributed by atoms with E-state index in [4.69, 9.17) is 5.73 Å². The molecule has 0 aliphatic rings. The summed E-state index contributed by atoms with van der Waals surface area (Å²) in [6, 6.07) is 6.58. The fourth-order valence-corrected chi connectivity index (χ4v) is 2.28. The van der Waals surface area contributed by atoms with Crippen molar-refractivity contribution in [3.8, 4) is 0 Å². The Labute approximate surface area is 111 Å². The highest BCUT2D eigenvalue weighted by Gasteiger charge is 2.15. The highest BCUT2D eigenvalue weighted by molar-refractivity contribution is 5.03. The highest BCUT2D eigenvalue weighted by Crippen LogP contribution is 2.12. The molecule has 0 radical (unpaired) electrons. The number of likely N-dealkylation sites (N-methyl/N-ethyl adjacent to an activating group) is 1. The molecule has 2 N–H and O–H groups in total. The lowest BCUT2D eigenvalue weighted by molar-refractivity contribution is 0.186. The van der Waals surface area contributed by atoms with E-state index >= 15 is 0 Å². The summed E-state index contributed by atoms with van der Waals surface area (Å²) in [6.45, 7) is 7.12. The van der Waals surface area contributed by atoms with Crippen molar-refractivity contribution in [2.45, 2.75) is 52.1 Å². The summed E-state index contributed by atoms with van der Waals surface area (Å²) in [7, 11) is 0. The van der Waals surface area contributed by atoms with Crippen LogP contribution in [0.1, 0.15) is 45.2 Å². The van der Waals surface area contributed by atoms with Gasteiger partial charge in [-0.25, -0.2) is 0 Å². The third-order valence-corrected chi connectivity index (χ3v) is 3.43. The van der Waals surface area contributed by atoms with Gasteiger partial charge in [0.25, 0.3) is 0 Å². The SMILES string of the molecule is CCCCCC(CN)N(CC)Cc1ccccn1. The molecule has 0 aliphatic heterocycles. The molecule has 3 nitrogen and oxygen atoms in total. The van der Waals surface area contributed by atoms with Gasteiger partial charge in [0.15, 0.2) is 0 Å². The Morgan fingerprint density at radius 1 is 1.28 bits per heavy atom. The van der Waals surface area contributed by atoms with Crippen molar-refractivity contribution in [1.29, 1.82) is 0 Å². The molecule has 0 amide bonds. The van der Waals surface area contributed by atoms with E-state index in [1.807, 2.05) is 18.3 Å². The van der Waals surface area contributed by atoms with Crippen LogP contribution in [0, 0.1) is 0 Å². The van der Waals surface area contributed by atoms with Crippen molar-refractivity contribution in [2.24, 2.45) is 5.73 Å². The Bertz CT molecular complexity index is 300. The second-order valence-electron chi connectivity index (χ2n) is 4.77. The molecule has 18 heavy (non-hydrogen) atoms. The first-order valence-corrected chi connectivity index (χ1v) is 7.15. The minimum atomic E-state index is 0.489. The van der Waals surface area contributed by atoms with Crippen LogP contribution in [0.3, 0.4) is 0 Å². The van der Waals surface area contributed by atoms with Gasteiger partial charge in [-0.15, -0.1) is 0 Å². The van der Waals surface area contributed by atoms with Gasteiger partial charge in [-0.2, -0.15) is 0 Å². The fourth-order valence-electron chi connectivity index (χ4n) is 2.28. The zero-order valence-electron chi connectivity index (χ0n) is 11.8. The van der Waals surface area contributed by atoms with Gasteiger partial charge in [-0.05, 0) is 25.1 Å². The molecule has 1 heterocycles. The van der Waals surface area contributed by atoms with E-state index in [0.29, 0.717) is 6.04 Å². The number of unbranched alkanes of at least 4 members (excludes halogenated alkanes) is 2. The number of aromatic nitrogens is 1. The predicted molar refractivity (Wildman–Crippen MR) is 77.3 cm³/mol. The zero-order chi connectivity index (χ0) is 13.2. The maximum atomic E-state index is 5.92. The molecule has 0 saturated heterocycles. The minimum Gasteiger partial charge on any atom is -0.329 e. The standard InChI is InChI=1S/C15H27N3/c1-3-5-6-10-15(12-16)18(4-2)13-14-9-7-8-11-17-14/h7-9,11,15H,3-6,10,12-13,16H2,1-2H3. The molecule has 3 heteroatoms. The Balaban J connectivity index is 2.51. The third kappa shape index (κ3) is 5.15. The van der Waals surface area contributed by atoms with Crippen molar-refractivity contribution >= 4 is 0 Å². The van der Waals surface area contributed by atoms with Crippen LogP contribution in [0.15, 0.2) is 24.4 Å². The Morgan fingerprint density at radius 2 is 2.11 bits per heavy atom. The Kier molecular flexibility index (Phi) is 7.62. The first-order chi connectivity index (χ1) is 8.81. The molecule has 0 saturated carbocycles. The van der Waals surface area contributed by atoms with Crippen molar-refractivity contribution in [1.82, 2.24) is 9.88 Å². The second kappa shape index (κ2) is 9.06. The maximum absolute atomic E-state index is 5.92. The zero-order valence-corrected chi connectivity index (χ0v) is 11.8. The van der Waals surface area contributed by atoms with Crippen LogP contribution in [0.2, 0.25) is 0 Å². The summed E-state index contributed by atoms with van der Waals surface area (Å²) in [6.07, 6.45) is 6.90. The van der Waals surface area contributed by atoms with E-state index in [9.17, 15) is 0 Å². The smallest absolute Gasteiger partial charge is 0.0544 e. The van der Waals surface area contributed by atoms with Gasteiger partial charge in [0.1, 0.15) is 0 Å². The first-order valence-electron chi connectivity index (χ1n) is 7.15. The van der Waals surface area contributed by atoms with Crippen molar-refractivity contribution in [3.05, 3.63) is 30.1 Å². The topological polar surface area (TPSA) is 42.1 Å². The highest BCUT2D eigenvalue weighted by atomic mass is 15.2. The molecule has 1 rings (SSSR count). The van der Waals surface area contributed by atoms with Crippen LogP contribution >= 0.6 is 0 Å². The quantitative estimate of drug-likeness (QED) is 0.684. The molecule has 102 valence electrons. The summed E-state index contributed by atoms with van der Waals surface area (Å²) in [5, 5.41) is 0. The largest absolute Gasteiger partial charge is 0.329 e. The summed E-state index contributed by atoms with van der Waals surface area (Å²) in [4.78, 5) is 6.84. The lowest BCUT2D eigenvalue weighted by atomic mass is 10.1. The van der Waals surface area contributed by atoms with Crippen LogP contribution in [0.4, 0.5) is 0 Å². The molecule has 0 aliphatic carbocycles. The summed E-state index contributed by atoms with van der Waals surface area (Å²) in [5.74, 6) is 0. The fraction of sp³-hybridized carbons (Fsp3) is 0.667. The molecule has 1 aromatic heterocycles. The van der Waals surface area contributed by atoms with Gasteiger partial charge in [-0.1, -0.05) is 39.2 Å². The molecular formula is C15H27N3. The summed E-state index contributed by atoms with van der Waals surface area (Å²) in [5.41, 5.74) is 7.06. The van der Waals surface area contributed by atoms with E-state index < -0.39 is 0 Å². The van der Waals surface area contributed by atoms with Gasteiger partial charge < -0.3 is 5.73 Å². The molecule has 0 bridgehead atoms.